The van der Waals surface area contributed by atoms with Crippen LogP contribution in [0.1, 0.15) is 37.2 Å². The quantitative estimate of drug-likeness (QED) is 0.780. The first-order valence-electron chi connectivity index (χ1n) is 6.74. The fourth-order valence-corrected chi connectivity index (χ4v) is 2.47. The standard InChI is InChI=1S/C15H20ClNO2/c1-19-8-3-2-7-15(18)17-14-10-13(14)11-5-4-6-12(16)9-11/h4-6,9,13-14H,2-3,7-8,10H2,1H3,(H,17,18)/t13-,14+/m1/s1. The Kier molecular flexibility index (Phi) is 5.23. The Hall–Kier alpha value is -1.06. The minimum Gasteiger partial charge on any atom is -0.385 e. The maximum absolute atomic E-state index is 11.7. The zero-order chi connectivity index (χ0) is 13.7. The first-order valence-corrected chi connectivity index (χ1v) is 7.12. The number of rotatable bonds is 7. The van der Waals surface area contributed by atoms with Gasteiger partial charge in [0.2, 0.25) is 5.91 Å². The van der Waals surface area contributed by atoms with Crippen LogP contribution in [-0.2, 0) is 9.53 Å². The highest BCUT2D eigenvalue weighted by Crippen LogP contribution is 2.41. The molecule has 1 aromatic carbocycles. The summed E-state index contributed by atoms with van der Waals surface area (Å²) in [4.78, 5) is 11.7. The van der Waals surface area contributed by atoms with Gasteiger partial charge in [-0.15, -0.1) is 0 Å². The Labute approximate surface area is 119 Å². The van der Waals surface area contributed by atoms with Crippen molar-refractivity contribution < 1.29 is 9.53 Å². The van der Waals surface area contributed by atoms with Gasteiger partial charge in [-0.05, 0) is 37.0 Å². The van der Waals surface area contributed by atoms with Gasteiger partial charge in [0, 0.05) is 37.1 Å². The van der Waals surface area contributed by atoms with Crippen molar-refractivity contribution in [3.63, 3.8) is 0 Å². The summed E-state index contributed by atoms with van der Waals surface area (Å²) < 4.78 is 4.96. The van der Waals surface area contributed by atoms with Crippen LogP contribution in [0.2, 0.25) is 5.02 Å². The number of hydrogen-bond acceptors (Lipinski definition) is 2. The van der Waals surface area contributed by atoms with Gasteiger partial charge in [-0.2, -0.15) is 0 Å². The van der Waals surface area contributed by atoms with Crippen molar-refractivity contribution in [3.05, 3.63) is 34.9 Å². The van der Waals surface area contributed by atoms with E-state index in [1.165, 1.54) is 5.56 Å². The number of hydrogen-bond donors (Lipinski definition) is 1. The lowest BCUT2D eigenvalue weighted by Gasteiger charge is -2.05. The van der Waals surface area contributed by atoms with Gasteiger partial charge in [0.25, 0.3) is 0 Å². The van der Waals surface area contributed by atoms with E-state index in [9.17, 15) is 4.79 Å². The Morgan fingerprint density at radius 1 is 1.47 bits per heavy atom. The lowest BCUT2D eigenvalue weighted by Crippen LogP contribution is -2.26. The molecule has 1 amide bonds. The summed E-state index contributed by atoms with van der Waals surface area (Å²) >= 11 is 5.97. The van der Waals surface area contributed by atoms with Crippen LogP contribution in [0.5, 0.6) is 0 Å². The van der Waals surface area contributed by atoms with Crippen LogP contribution in [0.4, 0.5) is 0 Å². The van der Waals surface area contributed by atoms with Crippen LogP contribution in [0.3, 0.4) is 0 Å². The molecule has 0 heterocycles. The fraction of sp³-hybridized carbons (Fsp3) is 0.533. The third-order valence-electron chi connectivity index (χ3n) is 3.42. The Balaban J connectivity index is 1.70. The topological polar surface area (TPSA) is 38.3 Å². The normalized spacial score (nSPS) is 21.2. The lowest BCUT2D eigenvalue weighted by atomic mass is 10.1. The summed E-state index contributed by atoms with van der Waals surface area (Å²) in [6.07, 6.45) is 3.42. The highest BCUT2D eigenvalue weighted by molar-refractivity contribution is 6.30. The number of unbranched alkanes of at least 4 members (excludes halogenated alkanes) is 1. The Morgan fingerprint density at radius 3 is 3.05 bits per heavy atom. The predicted molar refractivity (Wildman–Crippen MR) is 76.5 cm³/mol. The van der Waals surface area contributed by atoms with E-state index >= 15 is 0 Å². The molecular weight excluding hydrogens is 262 g/mol. The van der Waals surface area contributed by atoms with Crippen molar-refractivity contribution in [2.75, 3.05) is 13.7 Å². The second kappa shape index (κ2) is 6.92. The summed E-state index contributed by atoms with van der Waals surface area (Å²) in [7, 11) is 1.68. The molecule has 0 unspecified atom stereocenters. The van der Waals surface area contributed by atoms with E-state index in [0.29, 0.717) is 12.3 Å². The van der Waals surface area contributed by atoms with Gasteiger partial charge in [0.1, 0.15) is 0 Å². The van der Waals surface area contributed by atoms with Crippen LogP contribution in [0, 0.1) is 0 Å². The van der Waals surface area contributed by atoms with Crippen molar-refractivity contribution in [2.45, 2.75) is 37.6 Å². The van der Waals surface area contributed by atoms with Crippen LogP contribution in [-0.4, -0.2) is 25.7 Å². The third-order valence-corrected chi connectivity index (χ3v) is 3.65. The van der Waals surface area contributed by atoms with Crippen molar-refractivity contribution >= 4 is 17.5 Å². The minimum atomic E-state index is 0.144. The van der Waals surface area contributed by atoms with Gasteiger partial charge in [0.05, 0.1) is 0 Å². The van der Waals surface area contributed by atoms with E-state index in [1.807, 2.05) is 18.2 Å². The molecule has 3 nitrogen and oxygen atoms in total. The molecule has 2 atom stereocenters. The average Bonchev–Trinajstić information content (AvgIpc) is 3.14. The Bertz CT molecular complexity index is 436. The first-order chi connectivity index (χ1) is 9.20. The van der Waals surface area contributed by atoms with E-state index in [2.05, 4.69) is 11.4 Å². The van der Waals surface area contributed by atoms with Crippen LogP contribution < -0.4 is 5.32 Å². The van der Waals surface area contributed by atoms with Crippen LogP contribution in [0.15, 0.2) is 24.3 Å². The van der Waals surface area contributed by atoms with Crippen LogP contribution in [0.25, 0.3) is 0 Å². The molecule has 0 aromatic heterocycles. The largest absolute Gasteiger partial charge is 0.385 e. The molecule has 1 N–H and O–H groups in total. The smallest absolute Gasteiger partial charge is 0.220 e. The molecule has 1 aliphatic rings. The molecule has 0 bridgehead atoms. The highest BCUT2D eigenvalue weighted by Gasteiger charge is 2.39. The number of nitrogens with one attached hydrogen (secondary N) is 1. The third kappa shape index (κ3) is 4.51. The molecule has 1 fully saturated rings. The number of benzene rings is 1. The summed E-state index contributed by atoms with van der Waals surface area (Å²) in [5, 5.41) is 3.83. The molecule has 1 saturated carbocycles. The zero-order valence-electron chi connectivity index (χ0n) is 11.2. The first kappa shape index (κ1) is 14.4. The number of methoxy groups -OCH3 is 1. The monoisotopic (exact) mass is 281 g/mol. The van der Waals surface area contributed by atoms with Crippen molar-refractivity contribution in [3.8, 4) is 0 Å². The molecule has 1 aromatic rings. The highest BCUT2D eigenvalue weighted by atomic mass is 35.5. The molecular formula is C15H20ClNO2. The average molecular weight is 282 g/mol. The SMILES string of the molecule is COCCCCC(=O)N[C@H]1C[C@@H]1c1cccc(Cl)c1. The van der Waals surface area contributed by atoms with Crippen molar-refractivity contribution in [1.82, 2.24) is 5.32 Å². The molecule has 104 valence electrons. The second-order valence-corrected chi connectivity index (χ2v) is 5.46. The van der Waals surface area contributed by atoms with Crippen LogP contribution >= 0.6 is 11.6 Å². The fourth-order valence-electron chi connectivity index (χ4n) is 2.27. The lowest BCUT2D eigenvalue weighted by molar-refractivity contribution is -0.121. The molecule has 0 spiro atoms. The van der Waals surface area contributed by atoms with Gasteiger partial charge in [-0.1, -0.05) is 23.7 Å². The maximum atomic E-state index is 11.7. The molecule has 0 saturated heterocycles. The Morgan fingerprint density at radius 2 is 2.32 bits per heavy atom. The summed E-state index contributed by atoms with van der Waals surface area (Å²) in [6, 6.07) is 8.17. The predicted octanol–water partition coefficient (Wildman–Crippen LogP) is 3.13. The van der Waals surface area contributed by atoms with Gasteiger partial charge < -0.3 is 10.1 Å². The van der Waals surface area contributed by atoms with E-state index in [4.69, 9.17) is 16.3 Å². The summed E-state index contributed by atoms with van der Waals surface area (Å²) in [5.41, 5.74) is 1.22. The number of ether oxygens (including phenoxy) is 1. The zero-order valence-corrected chi connectivity index (χ0v) is 12.0. The maximum Gasteiger partial charge on any atom is 0.220 e. The van der Waals surface area contributed by atoms with E-state index in [1.54, 1.807) is 7.11 Å². The van der Waals surface area contributed by atoms with Gasteiger partial charge in [0.15, 0.2) is 0 Å². The number of carbonyl (C=O) groups excluding carboxylic acids is 1. The van der Waals surface area contributed by atoms with E-state index in [-0.39, 0.29) is 11.9 Å². The molecule has 0 radical (unpaired) electrons. The van der Waals surface area contributed by atoms with E-state index in [0.717, 1.165) is 30.9 Å². The van der Waals surface area contributed by atoms with Crippen molar-refractivity contribution in [2.24, 2.45) is 0 Å². The number of halogens is 1. The van der Waals surface area contributed by atoms with Gasteiger partial charge in [-0.25, -0.2) is 0 Å². The summed E-state index contributed by atoms with van der Waals surface area (Å²) in [5.74, 6) is 0.576. The summed E-state index contributed by atoms with van der Waals surface area (Å²) in [6.45, 7) is 0.724. The molecule has 2 rings (SSSR count). The second-order valence-electron chi connectivity index (χ2n) is 5.02. The van der Waals surface area contributed by atoms with Crippen molar-refractivity contribution in [1.29, 1.82) is 0 Å². The molecule has 0 aliphatic heterocycles. The molecule has 19 heavy (non-hydrogen) atoms. The van der Waals surface area contributed by atoms with Gasteiger partial charge >= 0.3 is 0 Å². The number of carbonyl (C=O) groups is 1. The van der Waals surface area contributed by atoms with E-state index < -0.39 is 0 Å². The van der Waals surface area contributed by atoms with Gasteiger partial charge in [-0.3, -0.25) is 4.79 Å². The number of amides is 1. The minimum absolute atomic E-state index is 0.144. The molecule has 4 heteroatoms. The molecule has 1 aliphatic carbocycles.